The number of halogens is 2. The molecule has 0 atom stereocenters. The molecule has 0 radical (unpaired) electrons. The number of hydrazine groups is 1. The molecular weight excluding hydrogens is 275 g/mol. The van der Waals surface area contributed by atoms with E-state index in [-0.39, 0.29) is 24.2 Å². The number of carbonyl (C=O) groups is 2. The normalized spacial score (nSPS) is 14.1. The molecule has 1 saturated carbocycles. The largest absolute Gasteiger partial charge is 0.273 e. The minimum absolute atomic E-state index is 0.0651. The van der Waals surface area contributed by atoms with Gasteiger partial charge >= 0.3 is 0 Å². The molecule has 0 aromatic heterocycles. The van der Waals surface area contributed by atoms with E-state index in [1.807, 2.05) is 0 Å². The highest BCUT2D eigenvalue weighted by Gasteiger charge is 2.29. The van der Waals surface area contributed by atoms with Crippen molar-refractivity contribution in [2.75, 3.05) is 0 Å². The molecule has 0 saturated heterocycles. The van der Waals surface area contributed by atoms with E-state index in [0.717, 1.165) is 18.4 Å². The molecule has 6 heteroatoms. The summed E-state index contributed by atoms with van der Waals surface area (Å²) < 4.78 is 0. The van der Waals surface area contributed by atoms with Crippen molar-refractivity contribution in [1.29, 1.82) is 0 Å². The molecule has 96 valence electrons. The Morgan fingerprint density at radius 2 is 1.89 bits per heavy atom. The van der Waals surface area contributed by atoms with Crippen LogP contribution in [0.1, 0.15) is 18.4 Å². The van der Waals surface area contributed by atoms with Crippen LogP contribution in [0.25, 0.3) is 0 Å². The Kier molecular flexibility index (Phi) is 4.09. The zero-order valence-electron chi connectivity index (χ0n) is 9.50. The van der Waals surface area contributed by atoms with Gasteiger partial charge < -0.3 is 0 Å². The van der Waals surface area contributed by atoms with E-state index in [2.05, 4.69) is 10.9 Å². The Bertz CT molecular complexity index is 487. The number of rotatable bonds is 3. The molecule has 1 aliphatic rings. The molecule has 1 aromatic carbocycles. The second-order valence-corrected chi connectivity index (χ2v) is 5.05. The van der Waals surface area contributed by atoms with Crippen LogP contribution in [0.2, 0.25) is 10.0 Å². The number of hydrogen-bond acceptors (Lipinski definition) is 2. The molecule has 1 aliphatic carbocycles. The summed E-state index contributed by atoms with van der Waals surface area (Å²) >= 11 is 11.6. The second-order valence-electron chi connectivity index (χ2n) is 4.24. The molecule has 0 spiro atoms. The summed E-state index contributed by atoms with van der Waals surface area (Å²) in [4.78, 5) is 22.9. The van der Waals surface area contributed by atoms with Crippen molar-refractivity contribution < 1.29 is 9.59 Å². The summed E-state index contributed by atoms with van der Waals surface area (Å²) in [6, 6.07) is 4.98. The first-order valence-corrected chi connectivity index (χ1v) is 6.34. The average molecular weight is 287 g/mol. The van der Waals surface area contributed by atoms with Crippen LogP contribution in [0.4, 0.5) is 0 Å². The zero-order chi connectivity index (χ0) is 13.1. The summed E-state index contributed by atoms with van der Waals surface area (Å²) in [7, 11) is 0. The molecule has 1 fully saturated rings. The van der Waals surface area contributed by atoms with E-state index in [0.29, 0.717) is 10.0 Å². The van der Waals surface area contributed by atoms with Gasteiger partial charge in [-0.25, -0.2) is 0 Å². The van der Waals surface area contributed by atoms with Crippen LogP contribution in [-0.4, -0.2) is 11.8 Å². The summed E-state index contributed by atoms with van der Waals surface area (Å²) in [5, 5.41) is 0.854. The van der Waals surface area contributed by atoms with E-state index in [4.69, 9.17) is 23.2 Å². The molecule has 0 aliphatic heterocycles. The van der Waals surface area contributed by atoms with Crippen molar-refractivity contribution >= 4 is 35.0 Å². The van der Waals surface area contributed by atoms with E-state index in [1.54, 1.807) is 18.2 Å². The van der Waals surface area contributed by atoms with Gasteiger partial charge in [0.25, 0.3) is 0 Å². The lowest BCUT2D eigenvalue weighted by atomic mass is 10.1. The molecular formula is C12H12Cl2N2O2. The van der Waals surface area contributed by atoms with Crippen LogP contribution < -0.4 is 10.9 Å². The highest BCUT2D eigenvalue weighted by molar-refractivity contribution is 6.42. The summed E-state index contributed by atoms with van der Waals surface area (Å²) in [5.41, 5.74) is 5.50. The minimum atomic E-state index is -0.289. The lowest BCUT2D eigenvalue weighted by Gasteiger charge is -2.07. The SMILES string of the molecule is O=C(Cc1ccc(Cl)c(Cl)c1)NNC(=O)C1CC1. The molecule has 4 nitrogen and oxygen atoms in total. The summed E-state index contributed by atoms with van der Waals surface area (Å²) in [5.74, 6) is -0.352. The fraction of sp³-hybridized carbons (Fsp3) is 0.333. The number of benzene rings is 1. The van der Waals surface area contributed by atoms with Gasteiger partial charge in [-0.1, -0.05) is 29.3 Å². The fourth-order valence-corrected chi connectivity index (χ4v) is 1.78. The first-order chi connectivity index (χ1) is 8.56. The number of amides is 2. The Hall–Kier alpha value is -1.26. The molecule has 1 aromatic rings. The van der Waals surface area contributed by atoms with Crippen LogP contribution >= 0.6 is 23.2 Å². The Balaban J connectivity index is 1.82. The van der Waals surface area contributed by atoms with Gasteiger partial charge in [-0.2, -0.15) is 0 Å². The Labute approximate surface area is 115 Å². The topological polar surface area (TPSA) is 58.2 Å². The number of carbonyl (C=O) groups excluding carboxylic acids is 2. The van der Waals surface area contributed by atoms with Gasteiger partial charge in [0.05, 0.1) is 16.5 Å². The molecule has 2 amide bonds. The minimum Gasteiger partial charge on any atom is -0.273 e. The van der Waals surface area contributed by atoms with Crippen molar-refractivity contribution in [3.8, 4) is 0 Å². The lowest BCUT2D eigenvalue weighted by molar-refractivity contribution is -0.129. The van der Waals surface area contributed by atoms with Crippen molar-refractivity contribution in [3.05, 3.63) is 33.8 Å². The third-order valence-corrected chi connectivity index (χ3v) is 3.36. The highest BCUT2D eigenvalue weighted by Crippen LogP contribution is 2.28. The van der Waals surface area contributed by atoms with Crippen LogP contribution in [0, 0.1) is 5.92 Å². The van der Waals surface area contributed by atoms with E-state index < -0.39 is 0 Å². The molecule has 2 N–H and O–H groups in total. The Morgan fingerprint density at radius 1 is 1.17 bits per heavy atom. The standard InChI is InChI=1S/C12H12Cl2N2O2/c13-9-4-1-7(5-10(9)14)6-11(17)15-16-12(18)8-2-3-8/h1,4-5,8H,2-3,6H2,(H,15,17)(H,16,18). The van der Waals surface area contributed by atoms with Gasteiger partial charge in [0.2, 0.25) is 11.8 Å². The molecule has 18 heavy (non-hydrogen) atoms. The number of hydrogen-bond donors (Lipinski definition) is 2. The smallest absolute Gasteiger partial charge is 0.242 e. The predicted molar refractivity (Wildman–Crippen MR) is 69.2 cm³/mol. The molecule has 2 rings (SSSR count). The molecule has 0 heterocycles. The quantitative estimate of drug-likeness (QED) is 0.836. The first-order valence-electron chi connectivity index (χ1n) is 5.59. The molecule has 0 unspecified atom stereocenters. The van der Waals surface area contributed by atoms with Crippen LogP contribution in [0.15, 0.2) is 18.2 Å². The van der Waals surface area contributed by atoms with Crippen molar-refractivity contribution in [2.45, 2.75) is 19.3 Å². The van der Waals surface area contributed by atoms with Gasteiger partial charge in [0, 0.05) is 5.92 Å². The zero-order valence-corrected chi connectivity index (χ0v) is 11.0. The van der Waals surface area contributed by atoms with Crippen molar-refractivity contribution in [2.24, 2.45) is 5.92 Å². The monoisotopic (exact) mass is 286 g/mol. The van der Waals surface area contributed by atoms with Gasteiger partial charge in [0.15, 0.2) is 0 Å². The maximum atomic E-state index is 11.6. The van der Waals surface area contributed by atoms with Crippen molar-refractivity contribution in [3.63, 3.8) is 0 Å². The van der Waals surface area contributed by atoms with E-state index in [1.165, 1.54) is 0 Å². The summed E-state index contributed by atoms with van der Waals surface area (Å²) in [6.45, 7) is 0. The Morgan fingerprint density at radius 3 is 2.50 bits per heavy atom. The maximum Gasteiger partial charge on any atom is 0.242 e. The van der Waals surface area contributed by atoms with E-state index >= 15 is 0 Å². The molecule has 0 bridgehead atoms. The fourth-order valence-electron chi connectivity index (χ4n) is 1.46. The second kappa shape index (κ2) is 5.59. The van der Waals surface area contributed by atoms with Gasteiger partial charge in [0.1, 0.15) is 0 Å². The van der Waals surface area contributed by atoms with Gasteiger partial charge in [-0.15, -0.1) is 0 Å². The third-order valence-electron chi connectivity index (χ3n) is 2.62. The van der Waals surface area contributed by atoms with Crippen molar-refractivity contribution in [1.82, 2.24) is 10.9 Å². The van der Waals surface area contributed by atoms with Crippen LogP contribution in [0.5, 0.6) is 0 Å². The van der Waals surface area contributed by atoms with E-state index in [9.17, 15) is 9.59 Å². The van der Waals surface area contributed by atoms with Gasteiger partial charge in [-0.3, -0.25) is 20.4 Å². The van der Waals surface area contributed by atoms with Crippen LogP contribution in [-0.2, 0) is 16.0 Å². The predicted octanol–water partition coefficient (Wildman–Crippen LogP) is 2.09. The average Bonchev–Trinajstić information content (AvgIpc) is 3.15. The first kappa shape index (κ1) is 13.2. The number of nitrogens with one attached hydrogen (secondary N) is 2. The maximum absolute atomic E-state index is 11.6. The summed E-state index contributed by atoms with van der Waals surface area (Å²) in [6.07, 6.45) is 1.94. The highest BCUT2D eigenvalue weighted by atomic mass is 35.5. The van der Waals surface area contributed by atoms with Gasteiger partial charge in [-0.05, 0) is 30.5 Å². The third kappa shape index (κ3) is 3.62. The lowest BCUT2D eigenvalue weighted by Crippen LogP contribution is -2.43. The van der Waals surface area contributed by atoms with Crippen LogP contribution in [0.3, 0.4) is 0 Å².